The van der Waals surface area contributed by atoms with Gasteiger partial charge in [0.25, 0.3) is 0 Å². The minimum Gasteiger partial charge on any atom is -0.465 e. The topological polar surface area (TPSA) is 108 Å². The summed E-state index contributed by atoms with van der Waals surface area (Å²) >= 11 is 1.57. The molecular weight excluding hydrogens is 458 g/mol. The number of H-pyrrole nitrogens is 1. The Morgan fingerprint density at radius 3 is 2.37 bits per heavy atom. The molecule has 8 heteroatoms. The van der Waals surface area contributed by atoms with Crippen molar-refractivity contribution < 1.29 is 9.90 Å². The highest BCUT2D eigenvalue weighted by Gasteiger charge is 2.12. The van der Waals surface area contributed by atoms with Crippen LogP contribution in [0, 0.1) is 0 Å². The van der Waals surface area contributed by atoms with Crippen LogP contribution in [0.25, 0.3) is 22.4 Å². The van der Waals surface area contributed by atoms with Crippen LogP contribution >= 0.6 is 11.3 Å². The van der Waals surface area contributed by atoms with Gasteiger partial charge in [-0.25, -0.2) is 14.8 Å². The summed E-state index contributed by atoms with van der Waals surface area (Å²) in [6.45, 7) is 3.04. The Balaban J connectivity index is 1.39. The second-order valence-electron chi connectivity index (χ2n) is 8.22. The molecule has 0 aliphatic carbocycles. The summed E-state index contributed by atoms with van der Waals surface area (Å²) in [6.07, 6.45) is 3.30. The summed E-state index contributed by atoms with van der Waals surface area (Å²) in [5.74, 6) is 1.30. The number of thiophene rings is 1. The number of nitrogens with zero attached hydrogens (tertiary/aromatic N) is 3. The molecule has 35 heavy (non-hydrogen) atoms. The lowest BCUT2D eigenvalue weighted by atomic mass is 10.0. The number of amidine groups is 1. The Bertz CT molecular complexity index is 1260. The van der Waals surface area contributed by atoms with Crippen molar-refractivity contribution in [1.82, 2.24) is 14.9 Å². The number of carboxylic acid groups (broad SMARTS) is 1. The first-order chi connectivity index (χ1) is 17.0. The summed E-state index contributed by atoms with van der Waals surface area (Å²) in [6, 6.07) is 20.2. The van der Waals surface area contributed by atoms with Crippen LogP contribution in [-0.4, -0.2) is 45.0 Å². The molecule has 0 unspecified atom stereocenters. The standard InChI is InChI=1S/C27H29N5O2S/c1-2-3-15-32(27(33)34)16-14-25-29-18-23(31-25)21-8-6-19(7-9-21)20-10-12-22(13-11-20)30-26(28)24-5-4-17-35-24/h4-13,17-18H,2-3,14-16H2,1H3,(H2,28,30)(H,29,31)(H,33,34). The number of aromatic nitrogens is 2. The van der Waals surface area contributed by atoms with Crippen LogP contribution < -0.4 is 5.73 Å². The molecule has 2 aromatic carbocycles. The van der Waals surface area contributed by atoms with Gasteiger partial charge in [0.05, 0.1) is 22.5 Å². The van der Waals surface area contributed by atoms with Crippen LogP contribution in [0.1, 0.15) is 30.5 Å². The average Bonchev–Trinajstić information content (AvgIpc) is 3.57. The highest BCUT2D eigenvalue weighted by molar-refractivity contribution is 7.12. The van der Waals surface area contributed by atoms with E-state index in [2.05, 4.69) is 46.1 Å². The zero-order valence-corrected chi connectivity index (χ0v) is 20.5. The van der Waals surface area contributed by atoms with E-state index < -0.39 is 6.09 Å². The van der Waals surface area contributed by atoms with Gasteiger partial charge in [0, 0.05) is 19.5 Å². The smallest absolute Gasteiger partial charge is 0.407 e. The maximum Gasteiger partial charge on any atom is 0.407 e. The van der Waals surface area contributed by atoms with Crippen molar-refractivity contribution in [2.45, 2.75) is 26.2 Å². The number of nitrogens with two attached hydrogens (primary N) is 1. The third-order valence-electron chi connectivity index (χ3n) is 5.72. The van der Waals surface area contributed by atoms with Gasteiger partial charge in [-0.2, -0.15) is 0 Å². The predicted octanol–water partition coefficient (Wildman–Crippen LogP) is 6.16. The van der Waals surface area contributed by atoms with Crippen LogP contribution in [0.4, 0.5) is 10.5 Å². The second-order valence-corrected chi connectivity index (χ2v) is 9.16. The number of benzene rings is 2. The summed E-state index contributed by atoms with van der Waals surface area (Å²) in [5.41, 5.74) is 11.0. The lowest BCUT2D eigenvalue weighted by Crippen LogP contribution is -2.32. The van der Waals surface area contributed by atoms with Crippen molar-refractivity contribution in [3.63, 3.8) is 0 Å². The fourth-order valence-corrected chi connectivity index (χ4v) is 4.35. The highest BCUT2D eigenvalue weighted by atomic mass is 32.1. The summed E-state index contributed by atoms with van der Waals surface area (Å²) in [7, 11) is 0. The number of aromatic amines is 1. The van der Waals surface area contributed by atoms with E-state index in [0.717, 1.165) is 51.6 Å². The van der Waals surface area contributed by atoms with Gasteiger partial charge >= 0.3 is 6.09 Å². The number of hydrogen-bond donors (Lipinski definition) is 3. The Hall–Kier alpha value is -3.91. The predicted molar refractivity (Wildman–Crippen MR) is 142 cm³/mol. The molecule has 0 aliphatic rings. The number of unbranched alkanes of at least 4 members (excludes halogenated alkanes) is 1. The Morgan fingerprint density at radius 1 is 1.06 bits per heavy atom. The van der Waals surface area contributed by atoms with E-state index >= 15 is 0 Å². The lowest BCUT2D eigenvalue weighted by Gasteiger charge is -2.17. The third-order valence-corrected chi connectivity index (χ3v) is 6.61. The maximum atomic E-state index is 11.4. The van der Waals surface area contributed by atoms with Crippen LogP contribution in [0.15, 0.2) is 77.2 Å². The minimum absolute atomic E-state index is 0.431. The number of hydrogen-bond acceptors (Lipinski definition) is 4. The van der Waals surface area contributed by atoms with E-state index in [1.165, 1.54) is 4.90 Å². The zero-order valence-electron chi connectivity index (χ0n) is 19.6. The Morgan fingerprint density at radius 2 is 1.74 bits per heavy atom. The van der Waals surface area contributed by atoms with E-state index in [1.807, 2.05) is 41.8 Å². The van der Waals surface area contributed by atoms with Crippen molar-refractivity contribution in [1.29, 1.82) is 0 Å². The van der Waals surface area contributed by atoms with Gasteiger partial charge in [-0.3, -0.25) is 0 Å². The number of amides is 1. The van der Waals surface area contributed by atoms with Crippen molar-refractivity contribution in [3.05, 3.63) is 82.9 Å². The average molecular weight is 488 g/mol. The first-order valence-corrected chi connectivity index (χ1v) is 12.5. The van der Waals surface area contributed by atoms with Gasteiger partial charge in [0.1, 0.15) is 11.7 Å². The number of imidazole rings is 1. The molecule has 0 saturated heterocycles. The number of carbonyl (C=O) groups is 1. The van der Waals surface area contributed by atoms with Crippen molar-refractivity contribution in [2.24, 2.45) is 10.7 Å². The van der Waals surface area contributed by atoms with Gasteiger partial charge in [0.15, 0.2) is 0 Å². The van der Waals surface area contributed by atoms with Gasteiger partial charge < -0.3 is 20.7 Å². The summed E-state index contributed by atoms with van der Waals surface area (Å²) < 4.78 is 0. The number of nitrogens with one attached hydrogen (secondary N) is 1. The molecule has 180 valence electrons. The fraction of sp³-hybridized carbons (Fsp3) is 0.222. The van der Waals surface area contributed by atoms with Crippen LogP contribution in [-0.2, 0) is 6.42 Å². The van der Waals surface area contributed by atoms with Crippen molar-refractivity contribution in [2.75, 3.05) is 13.1 Å². The van der Waals surface area contributed by atoms with Gasteiger partial charge in [-0.05, 0) is 46.7 Å². The van der Waals surface area contributed by atoms with E-state index in [4.69, 9.17) is 5.73 Å². The summed E-state index contributed by atoms with van der Waals surface area (Å²) in [5, 5.41) is 11.3. The summed E-state index contributed by atoms with van der Waals surface area (Å²) in [4.78, 5) is 26.1. The number of aliphatic imine (C=N–C) groups is 1. The molecule has 0 radical (unpaired) electrons. The molecule has 4 aromatic rings. The van der Waals surface area contributed by atoms with Crippen LogP contribution in [0.3, 0.4) is 0 Å². The zero-order chi connectivity index (χ0) is 24.6. The van der Waals surface area contributed by atoms with E-state index in [1.54, 1.807) is 17.5 Å². The normalized spacial score (nSPS) is 11.5. The highest BCUT2D eigenvalue weighted by Crippen LogP contribution is 2.26. The molecule has 0 bridgehead atoms. The molecule has 1 amide bonds. The minimum atomic E-state index is -0.883. The first-order valence-electron chi connectivity index (χ1n) is 11.6. The fourth-order valence-electron chi connectivity index (χ4n) is 3.72. The second kappa shape index (κ2) is 11.5. The largest absolute Gasteiger partial charge is 0.465 e. The van der Waals surface area contributed by atoms with Crippen LogP contribution in [0.5, 0.6) is 0 Å². The lowest BCUT2D eigenvalue weighted by molar-refractivity contribution is 0.145. The SMILES string of the molecule is CCCCN(CCc1ncc(-c2ccc(-c3ccc(N=C(N)c4cccs4)cc3)cc2)[nH]1)C(=O)O. The molecule has 2 heterocycles. The van der Waals surface area contributed by atoms with Gasteiger partial charge in [-0.1, -0.05) is 55.8 Å². The third kappa shape index (κ3) is 6.36. The molecular formula is C27H29N5O2S. The van der Waals surface area contributed by atoms with Crippen molar-refractivity contribution >= 4 is 29.0 Å². The molecule has 2 aromatic heterocycles. The van der Waals surface area contributed by atoms with Crippen LogP contribution in [0.2, 0.25) is 0 Å². The van der Waals surface area contributed by atoms with E-state index in [9.17, 15) is 9.90 Å². The van der Waals surface area contributed by atoms with E-state index in [-0.39, 0.29) is 0 Å². The molecule has 0 saturated carbocycles. The molecule has 4 N–H and O–H groups in total. The molecule has 0 aliphatic heterocycles. The van der Waals surface area contributed by atoms with Gasteiger partial charge in [0.2, 0.25) is 0 Å². The van der Waals surface area contributed by atoms with Crippen molar-refractivity contribution in [3.8, 4) is 22.4 Å². The Kier molecular flexibility index (Phi) is 7.95. The quantitative estimate of drug-likeness (QED) is 0.184. The molecule has 7 nitrogen and oxygen atoms in total. The Labute approximate surface area is 209 Å². The molecule has 0 fully saturated rings. The molecule has 0 spiro atoms. The molecule has 4 rings (SSSR count). The monoisotopic (exact) mass is 487 g/mol. The molecule has 0 atom stereocenters. The number of rotatable bonds is 10. The van der Waals surface area contributed by atoms with E-state index in [0.29, 0.717) is 25.3 Å². The van der Waals surface area contributed by atoms with Gasteiger partial charge in [-0.15, -0.1) is 11.3 Å². The maximum absolute atomic E-state index is 11.4. The first kappa shape index (κ1) is 24.2.